The van der Waals surface area contributed by atoms with Crippen LogP contribution in [-0.4, -0.2) is 5.78 Å². The molecule has 5 aromatic rings. The van der Waals surface area contributed by atoms with Gasteiger partial charge < -0.3 is 0 Å². The number of rotatable bonds is 7. The molecule has 5 rings (SSSR count). The second kappa shape index (κ2) is 10.5. The van der Waals surface area contributed by atoms with Crippen LogP contribution in [0.25, 0.3) is 0 Å². The summed E-state index contributed by atoms with van der Waals surface area (Å²) >= 11 is 3.22. The van der Waals surface area contributed by atoms with Crippen LogP contribution >= 0.6 is 23.1 Å². The van der Waals surface area contributed by atoms with Gasteiger partial charge in [0, 0.05) is 15.4 Å². The number of aryl methyl sites for hydroxylation is 1. The Kier molecular flexibility index (Phi) is 7.00. The van der Waals surface area contributed by atoms with Crippen molar-refractivity contribution in [3.8, 4) is 0 Å². The molecule has 1 nitrogen and oxygen atoms in total. The quantitative estimate of drug-likeness (QED) is 0.166. The molecule has 0 unspecified atom stereocenters. The fourth-order valence-electron chi connectivity index (χ4n) is 3.74. The van der Waals surface area contributed by atoms with Crippen LogP contribution in [0.4, 0.5) is 0 Å². The van der Waals surface area contributed by atoms with Crippen LogP contribution in [0.5, 0.6) is 0 Å². The van der Waals surface area contributed by atoms with Crippen molar-refractivity contribution in [2.24, 2.45) is 0 Å². The first-order valence-corrected chi connectivity index (χ1v) is 13.9. The van der Waals surface area contributed by atoms with Gasteiger partial charge in [-0.05, 0) is 90.7 Å². The second-order valence-electron chi connectivity index (χ2n) is 7.79. The Morgan fingerprint density at radius 2 is 1.35 bits per heavy atom. The predicted octanol–water partition coefficient (Wildman–Crippen LogP) is 8.53. The minimum Gasteiger partial charge on any atom is -0.288 e. The Bertz CT molecular complexity index is 1340. The molecule has 1 heterocycles. The summed E-state index contributed by atoms with van der Waals surface area (Å²) in [5.41, 5.74) is 1.99. The maximum atomic E-state index is 12.6. The third-order valence-electron chi connectivity index (χ3n) is 5.43. The van der Waals surface area contributed by atoms with E-state index in [9.17, 15) is 4.79 Å². The lowest BCUT2D eigenvalue weighted by atomic mass is 10.1. The molecule has 0 aliphatic carbocycles. The highest BCUT2D eigenvalue weighted by Crippen LogP contribution is 2.36. The van der Waals surface area contributed by atoms with Crippen LogP contribution in [0.3, 0.4) is 0 Å². The SMILES string of the molecule is Cc1cc([S+](c2ccccc2)c2ccccc2)ccc1Sc1ccc(C(=O)c2cccs2)cc1. The smallest absolute Gasteiger partial charge is 0.202 e. The van der Waals surface area contributed by atoms with Crippen LogP contribution in [-0.2, 0) is 10.9 Å². The zero-order valence-corrected chi connectivity index (χ0v) is 21.1. The molecule has 0 saturated carbocycles. The molecule has 0 spiro atoms. The number of carbonyl (C=O) groups excluding carboxylic acids is 1. The van der Waals surface area contributed by atoms with Crippen molar-refractivity contribution in [3.63, 3.8) is 0 Å². The molecular formula is C30H23OS3+. The van der Waals surface area contributed by atoms with Gasteiger partial charge in [0.15, 0.2) is 14.7 Å². The molecule has 0 saturated heterocycles. The Hall–Kier alpha value is -3.05. The largest absolute Gasteiger partial charge is 0.288 e. The first kappa shape index (κ1) is 22.7. The molecule has 0 N–H and O–H groups in total. The third kappa shape index (κ3) is 5.05. The molecule has 0 fully saturated rings. The van der Waals surface area contributed by atoms with E-state index >= 15 is 0 Å². The Morgan fingerprint density at radius 1 is 0.706 bits per heavy atom. The van der Waals surface area contributed by atoms with E-state index in [-0.39, 0.29) is 16.7 Å². The predicted molar refractivity (Wildman–Crippen MR) is 145 cm³/mol. The molecule has 34 heavy (non-hydrogen) atoms. The van der Waals surface area contributed by atoms with Crippen LogP contribution < -0.4 is 0 Å². The maximum absolute atomic E-state index is 12.6. The number of carbonyl (C=O) groups is 1. The first-order valence-electron chi connectivity index (χ1n) is 11.0. The minimum absolute atomic E-state index is 0.0842. The molecule has 0 radical (unpaired) electrons. The zero-order chi connectivity index (χ0) is 23.3. The molecule has 0 bridgehead atoms. The lowest BCUT2D eigenvalue weighted by molar-refractivity contribution is 0.104. The number of benzene rings is 4. The fourth-order valence-corrected chi connectivity index (χ4v) is 7.48. The summed E-state index contributed by atoms with van der Waals surface area (Å²) in [7, 11) is -0.149. The van der Waals surface area contributed by atoms with Gasteiger partial charge in [0.2, 0.25) is 5.78 Å². The van der Waals surface area contributed by atoms with Gasteiger partial charge in [0.05, 0.1) is 15.8 Å². The molecule has 4 heteroatoms. The van der Waals surface area contributed by atoms with E-state index in [0.29, 0.717) is 0 Å². The van der Waals surface area contributed by atoms with Gasteiger partial charge in [-0.25, -0.2) is 0 Å². The summed E-state index contributed by atoms with van der Waals surface area (Å²) in [6, 6.07) is 40.0. The zero-order valence-electron chi connectivity index (χ0n) is 18.7. The third-order valence-corrected chi connectivity index (χ3v) is 9.70. The number of ketones is 1. The van der Waals surface area contributed by atoms with E-state index in [0.717, 1.165) is 15.3 Å². The summed E-state index contributed by atoms with van der Waals surface area (Å²) < 4.78 is 0. The molecule has 0 aliphatic rings. The van der Waals surface area contributed by atoms with Gasteiger partial charge >= 0.3 is 0 Å². The number of thiophene rings is 1. The molecule has 4 aromatic carbocycles. The molecule has 0 aliphatic heterocycles. The molecular weight excluding hydrogens is 473 g/mol. The highest BCUT2D eigenvalue weighted by Gasteiger charge is 2.28. The standard InChI is InChI=1S/C30H23OS3/c1-22-21-27(34(25-9-4-2-5-10-25)26-11-6-3-7-12-26)18-19-28(22)33-24-16-14-23(15-17-24)30(31)29-13-8-20-32-29/h2-21H,1H3/q+1. The van der Waals surface area contributed by atoms with Crippen molar-refractivity contribution in [1.29, 1.82) is 0 Å². The van der Waals surface area contributed by atoms with Crippen LogP contribution in [0.2, 0.25) is 0 Å². The molecule has 1 aromatic heterocycles. The topological polar surface area (TPSA) is 17.1 Å². The second-order valence-corrected chi connectivity index (χ2v) is 11.9. The van der Waals surface area contributed by atoms with Crippen molar-refractivity contribution in [1.82, 2.24) is 0 Å². The lowest BCUT2D eigenvalue weighted by Gasteiger charge is -2.11. The van der Waals surface area contributed by atoms with E-state index in [1.807, 2.05) is 41.8 Å². The van der Waals surface area contributed by atoms with Gasteiger partial charge in [-0.1, -0.05) is 54.2 Å². The van der Waals surface area contributed by atoms with E-state index < -0.39 is 0 Å². The summed E-state index contributed by atoms with van der Waals surface area (Å²) in [4.78, 5) is 19.7. The number of hydrogen-bond donors (Lipinski definition) is 0. The number of hydrogen-bond acceptors (Lipinski definition) is 3. The normalized spacial score (nSPS) is 11.0. The van der Waals surface area contributed by atoms with E-state index in [1.54, 1.807) is 11.8 Å². The monoisotopic (exact) mass is 495 g/mol. The van der Waals surface area contributed by atoms with E-state index in [1.165, 1.54) is 36.5 Å². The first-order chi connectivity index (χ1) is 16.7. The lowest BCUT2D eigenvalue weighted by Crippen LogP contribution is -2.05. The van der Waals surface area contributed by atoms with Gasteiger partial charge in [-0.15, -0.1) is 11.3 Å². The van der Waals surface area contributed by atoms with Crippen molar-refractivity contribution in [2.45, 2.75) is 31.4 Å². The van der Waals surface area contributed by atoms with Crippen LogP contribution in [0, 0.1) is 6.92 Å². The van der Waals surface area contributed by atoms with E-state index in [2.05, 4.69) is 85.8 Å². The molecule has 0 amide bonds. The van der Waals surface area contributed by atoms with E-state index in [4.69, 9.17) is 0 Å². The Morgan fingerprint density at radius 3 is 1.91 bits per heavy atom. The van der Waals surface area contributed by atoms with Crippen LogP contribution in [0.1, 0.15) is 20.8 Å². The van der Waals surface area contributed by atoms with Gasteiger partial charge in [-0.3, -0.25) is 4.79 Å². The van der Waals surface area contributed by atoms with Gasteiger partial charge in [0.25, 0.3) is 0 Å². The summed E-state index contributed by atoms with van der Waals surface area (Å²) in [6.45, 7) is 2.18. The van der Waals surface area contributed by atoms with Crippen molar-refractivity contribution < 1.29 is 4.79 Å². The Labute approximate surface area is 211 Å². The van der Waals surface area contributed by atoms with Gasteiger partial charge in [-0.2, -0.15) is 0 Å². The average Bonchev–Trinajstić information content (AvgIpc) is 3.42. The Balaban J connectivity index is 1.39. The van der Waals surface area contributed by atoms with Crippen molar-refractivity contribution in [3.05, 3.63) is 137 Å². The van der Waals surface area contributed by atoms with Crippen molar-refractivity contribution in [2.75, 3.05) is 0 Å². The van der Waals surface area contributed by atoms with Crippen LogP contribution in [0.15, 0.2) is 145 Å². The minimum atomic E-state index is -0.149. The fraction of sp³-hybridized carbons (Fsp3) is 0.0333. The average molecular weight is 496 g/mol. The highest BCUT2D eigenvalue weighted by atomic mass is 32.2. The van der Waals surface area contributed by atoms with Crippen molar-refractivity contribution >= 4 is 39.8 Å². The summed E-state index contributed by atoms with van der Waals surface area (Å²) in [6.07, 6.45) is 0. The van der Waals surface area contributed by atoms with Gasteiger partial charge in [0.1, 0.15) is 0 Å². The maximum Gasteiger partial charge on any atom is 0.202 e. The molecule has 166 valence electrons. The highest BCUT2D eigenvalue weighted by molar-refractivity contribution is 7.99. The summed E-state index contributed by atoms with van der Waals surface area (Å²) in [5, 5.41) is 1.94. The molecule has 0 atom stereocenters. The summed E-state index contributed by atoms with van der Waals surface area (Å²) in [5.74, 6) is 0.0842.